The SMILES string of the molecule is Cc1nn(C)c2ncc(S(=O)(=O)Oc3ccc4c(c3)CCC4)cc12. The number of hydrogen-bond donors (Lipinski definition) is 0. The molecule has 1 aliphatic rings. The molecule has 124 valence electrons. The third kappa shape index (κ3) is 2.45. The molecular weight excluding hydrogens is 326 g/mol. The average Bonchev–Trinajstić information content (AvgIpc) is 3.11. The van der Waals surface area contributed by atoms with E-state index in [1.54, 1.807) is 23.9 Å². The number of benzene rings is 1. The second-order valence-corrected chi connectivity index (χ2v) is 7.62. The first-order valence-corrected chi connectivity index (χ1v) is 9.20. The van der Waals surface area contributed by atoms with Crippen molar-refractivity contribution >= 4 is 21.2 Å². The van der Waals surface area contributed by atoms with E-state index in [9.17, 15) is 8.42 Å². The first kappa shape index (κ1) is 15.1. The molecule has 2 aromatic heterocycles. The Morgan fingerprint density at radius 3 is 2.79 bits per heavy atom. The number of aromatic nitrogens is 3. The Morgan fingerprint density at radius 1 is 1.17 bits per heavy atom. The Morgan fingerprint density at radius 2 is 1.96 bits per heavy atom. The topological polar surface area (TPSA) is 74.1 Å². The van der Waals surface area contributed by atoms with Crippen molar-refractivity contribution in [3.8, 4) is 5.75 Å². The van der Waals surface area contributed by atoms with Crippen LogP contribution in [-0.4, -0.2) is 23.2 Å². The molecule has 1 aliphatic carbocycles. The van der Waals surface area contributed by atoms with Crippen molar-refractivity contribution < 1.29 is 12.6 Å². The Hall–Kier alpha value is -2.41. The molecule has 0 bridgehead atoms. The van der Waals surface area contributed by atoms with Gasteiger partial charge in [0, 0.05) is 12.4 Å². The Kier molecular flexibility index (Phi) is 3.35. The van der Waals surface area contributed by atoms with Gasteiger partial charge >= 0.3 is 10.1 Å². The number of aryl methyl sites for hydroxylation is 4. The molecule has 7 heteroatoms. The number of rotatable bonds is 3. The Labute approximate surface area is 140 Å². The van der Waals surface area contributed by atoms with E-state index < -0.39 is 10.1 Å². The van der Waals surface area contributed by atoms with E-state index in [0.717, 1.165) is 25.0 Å². The molecule has 0 saturated carbocycles. The molecule has 3 aromatic rings. The van der Waals surface area contributed by atoms with Crippen LogP contribution in [0.1, 0.15) is 23.2 Å². The van der Waals surface area contributed by atoms with Crippen LogP contribution in [-0.2, 0) is 30.0 Å². The van der Waals surface area contributed by atoms with Gasteiger partial charge in [-0.05, 0) is 55.5 Å². The fourth-order valence-electron chi connectivity index (χ4n) is 3.20. The zero-order valence-electron chi connectivity index (χ0n) is 13.5. The van der Waals surface area contributed by atoms with E-state index in [2.05, 4.69) is 10.1 Å². The molecule has 0 amide bonds. The summed E-state index contributed by atoms with van der Waals surface area (Å²) in [6, 6.07) is 7.04. The summed E-state index contributed by atoms with van der Waals surface area (Å²) in [6.07, 6.45) is 4.43. The summed E-state index contributed by atoms with van der Waals surface area (Å²) in [4.78, 5) is 4.24. The second-order valence-electron chi connectivity index (χ2n) is 6.07. The maximum absolute atomic E-state index is 12.6. The van der Waals surface area contributed by atoms with Crippen LogP contribution in [0, 0.1) is 6.92 Å². The van der Waals surface area contributed by atoms with E-state index in [-0.39, 0.29) is 4.90 Å². The molecule has 0 atom stereocenters. The zero-order chi connectivity index (χ0) is 16.9. The van der Waals surface area contributed by atoms with Crippen molar-refractivity contribution in [1.82, 2.24) is 14.8 Å². The lowest BCUT2D eigenvalue weighted by atomic mass is 10.1. The first-order valence-electron chi connectivity index (χ1n) is 7.80. The molecule has 24 heavy (non-hydrogen) atoms. The zero-order valence-corrected chi connectivity index (χ0v) is 14.3. The van der Waals surface area contributed by atoms with E-state index in [1.807, 2.05) is 19.1 Å². The van der Waals surface area contributed by atoms with Crippen LogP contribution in [0.5, 0.6) is 5.75 Å². The van der Waals surface area contributed by atoms with Crippen LogP contribution >= 0.6 is 0 Å². The molecule has 0 N–H and O–H groups in total. The van der Waals surface area contributed by atoms with E-state index >= 15 is 0 Å². The van der Waals surface area contributed by atoms with Crippen molar-refractivity contribution in [1.29, 1.82) is 0 Å². The van der Waals surface area contributed by atoms with Gasteiger partial charge in [-0.15, -0.1) is 0 Å². The average molecular weight is 343 g/mol. The van der Waals surface area contributed by atoms with Crippen LogP contribution in [0.4, 0.5) is 0 Å². The summed E-state index contributed by atoms with van der Waals surface area (Å²) >= 11 is 0. The highest BCUT2D eigenvalue weighted by Gasteiger charge is 2.21. The molecule has 0 saturated heterocycles. The number of hydrogen-bond acceptors (Lipinski definition) is 5. The van der Waals surface area contributed by atoms with Crippen molar-refractivity contribution in [3.05, 3.63) is 47.3 Å². The van der Waals surface area contributed by atoms with Gasteiger partial charge in [-0.3, -0.25) is 4.68 Å². The van der Waals surface area contributed by atoms with E-state index in [0.29, 0.717) is 16.8 Å². The molecule has 2 heterocycles. The van der Waals surface area contributed by atoms with Gasteiger partial charge in [-0.1, -0.05) is 6.07 Å². The van der Waals surface area contributed by atoms with Crippen LogP contribution in [0.15, 0.2) is 35.4 Å². The van der Waals surface area contributed by atoms with E-state index in [1.165, 1.54) is 17.3 Å². The van der Waals surface area contributed by atoms with Gasteiger partial charge < -0.3 is 4.18 Å². The minimum absolute atomic E-state index is 0.0339. The molecule has 4 rings (SSSR count). The van der Waals surface area contributed by atoms with Crippen LogP contribution in [0.25, 0.3) is 11.0 Å². The molecule has 0 aliphatic heterocycles. The standard InChI is InChI=1S/C17H17N3O3S/c1-11-16-9-15(10-18-17(16)20(2)19-11)24(21,22)23-14-7-6-12-4-3-5-13(12)8-14/h6-10H,3-5H2,1-2H3. The lowest BCUT2D eigenvalue weighted by Crippen LogP contribution is -2.10. The highest BCUT2D eigenvalue weighted by atomic mass is 32.2. The third-order valence-corrected chi connectivity index (χ3v) is 5.61. The van der Waals surface area contributed by atoms with E-state index in [4.69, 9.17) is 4.18 Å². The summed E-state index contributed by atoms with van der Waals surface area (Å²) < 4.78 is 32.1. The van der Waals surface area contributed by atoms with Gasteiger partial charge in [0.2, 0.25) is 0 Å². The van der Waals surface area contributed by atoms with Gasteiger partial charge in [-0.2, -0.15) is 13.5 Å². The summed E-state index contributed by atoms with van der Waals surface area (Å²) in [5.74, 6) is 0.346. The van der Waals surface area contributed by atoms with Gasteiger partial charge in [0.25, 0.3) is 0 Å². The van der Waals surface area contributed by atoms with Crippen molar-refractivity contribution in [3.63, 3.8) is 0 Å². The smallest absolute Gasteiger partial charge is 0.340 e. The fraction of sp³-hybridized carbons (Fsp3) is 0.294. The summed E-state index contributed by atoms with van der Waals surface area (Å²) in [5, 5.41) is 4.96. The van der Waals surface area contributed by atoms with Gasteiger partial charge in [-0.25, -0.2) is 4.98 Å². The highest BCUT2D eigenvalue weighted by Crippen LogP contribution is 2.28. The molecule has 1 aromatic carbocycles. The Balaban J connectivity index is 1.71. The minimum atomic E-state index is -3.93. The normalized spacial score (nSPS) is 14.1. The summed E-state index contributed by atoms with van der Waals surface area (Å²) in [5.41, 5.74) is 3.81. The molecule has 6 nitrogen and oxygen atoms in total. The lowest BCUT2D eigenvalue weighted by Gasteiger charge is -2.08. The molecular formula is C17H17N3O3S. The first-order chi connectivity index (χ1) is 11.4. The van der Waals surface area contributed by atoms with Gasteiger partial charge in [0.05, 0.1) is 11.9 Å². The molecule has 0 radical (unpaired) electrons. The maximum atomic E-state index is 12.6. The largest absolute Gasteiger partial charge is 0.379 e. The number of pyridine rings is 1. The molecule has 0 fully saturated rings. The number of fused-ring (bicyclic) bond motifs is 2. The van der Waals surface area contributed by atoms with Gasteiger partial charge in [0.15, 0.2) is 5.65 Å². The Bertz CT molecular complexity index is 1050. The summed E-state index contributed by atoms with van der Waals surface area (Å²) in [6.45, 7) is 1.82. The second kappa shape index (κ2) is 5.31. The predicted octanol–water partition coefficient (Wildman–Crippen LogP) is 2.53. The highest BCUT2D eigenvalue weighted by molar-refractivity contribution is 7.87. The van der Waals surface area contributed by atoms with Gasteiger partial charge in [0.1, 0.15) is 10.6 Å². The lowest BCUT2D eigenvalue weighted by molar-refractivity contribution is 0.485. The van der Waals surface area contributed by atoms with Crippen LogP contribution in [0.3, 0.4) is 0 Å². The summed E-state index contributed by atoms with van der Waals surface area (Å²) in [7, 11) is -2.15. The molecule has 0 unspecified atom stereocenters. The fourth-order valence-corrected chi connectivity index (χ4v) is 4.10. The molecule has 0 spiro atoms. The van der Waals surface area contributed by atoms with Crippen LogP contribution < -0.4 is 4.18 Å². The monoisotopic (exact) mass is 343 g/mol. The minimum Gasteiger partial charge on any atom is -0.379 e. The predicted molar refractivity (Wildman–Crippen MR) is 89.5 cm³/mol. The van der Waals surface area contributed by atoms with Crippen LogP contribution in [0.2, 0.25) is 0 Å². The van der Waals surface area contributed by atoms with Crippen molar-refractivity contribution in [2.24, 2.45) is 7.05 Å². The quantitative estimate of drug-likeness (QED) is 0.683. The number of nitrogens with zero attached hydrogens (tertiary/aromatic N) is 3. The van der Waals surface area contributed by atoms with Crippen molar-refractivity contribution in [2.45, 2.75) is 31.1 Å². The third-order valence-electron chi connectivity index (χ3n) is 4.40. The van der Waals surface area contributed by atoms with Crippen molar-refractivity contribution in [2.75, 3.05) is 0 Å². The maximum Gasteiger partial charge on any atom is 0.340 e.